The Hall–Kier alpha value is -1.36. The molecule has 2 N–H and O–H groups in total. The van der Waals surface area contributed by atoms with Gasteiger partial charge in [0.05, 0.1) is 11.9 Å². The van der Waals surface area contributed by atoms with Gasteiger partial charge in [-0.05, 0) is 56.5 Å². The summed E-state index contributed by atoms with van der Waals surface area (Å²) in [6, 6.07) is 4.71. The van der Waals surface area contributed by atoms with Crippen LogP contribution in [0.4, 0.5) is 11.5 Å². The zero-order valence-corrected chi connectivity index (χ0v) is 14.0. The fourth-order valence-corrected chi connectivity index (χ4v) is 2.74. The Morgan fingerprint density at radius 1 is 1.43 bits per heavy atom. The first-order chi connectivity index (χ1) is 10.1. The van der Waals surface area contributed by atoms with Crippen molar-refractivity contribution in [3.05, 3.63) is 18.3 Å². The molecule has 1 aliphatic rings. The zero-order chi connectivity index (χ0) is 15.2. The van der Waals surface area contributed by atoms with E-state index in [1.807, 2.05) is 12.3 Å². The second kappa shape index (κ2) is 7.59. The molecular formula is C16H26N4S. The summed E-state index contributed by atoms with van der Waals surface area (Å²) < 4.78 is 0. The molecular weight excluding hydrogens is 280 g/mol. The maximum Gasteiger partial charge on any atom is 0.170 e. The van der Waals surface area contributed by atoms with E-state index >= 15 is 0 Å². The van der Waals surface area contributed by atoms with Crippen LogP contribution in [0.15, 0.2) is 18.3 Å². The number of pyridine rings is 1. The molecule has 1 atom stereocenters. The van der Waals surface area contributed by atoms with Crippen LogP contribution in [0.1, 0.15) is 40.0 Å². The Morgan fingerprint density at radius 3 is 2.86 bits per heavy atom. The molecule has 5 heteroatoms. The van der Waals surface area contributed by atoms with Gasteiger partial charge in [0.1, 0.15) is 5.82 Å². The molecule has 0 aliphatic carbocycles. The summed E-state index contributed by atoms with van der Waals surface area (Å²) in [5.74, 6) is 1.64. The summed E-state index contributed by atoms with van der Waals surface area (Å²) in [4.78, 5) is 6.97. The van der Waals surface area contributed by atoms with Gasteiger partial charge in [0.15, 0.2) is 5.11 Å². The van der Waals surface area contributed by atoms with Gasteiger partial charge in [-0.25, -0.2) is 4.98 Å². The van der Waals surface area contributed by atoms with Crippen LogP contribution in [0.5, 0.6) is 0 Å². The van der Waals surface area contributed by atoms with Crippen molar-refractivity contribution < 1.29 is 0 Å². The topological polar surface area (TPSA) is 40.2 Å². The highest BCUT2D eigenvalue weighted by Crippen LogP contribution is 2.23. The Bertz CT molecular complexity index is 458. The number of hydrogen-bond acceptors (Lipinski definition) is 3. The van der Waals surface area contributed by atoms with E-state index in [4.69, 9.17) is 12.2 Å². The third-order valence-electron chi connectivity index (χ3n) is 3.77. The van der Waals surface area contributed by atoms with E-state index in [1.54, 1.807) is 0 Å². The van der Waals surface area contributed by atoms with Crippen LogP contribution in [-0.4, -0.2) is 29.2 Å². The van der Waals surface area contributed by atoms with Gasteiger partial charge in [-0.2, -0.15) is 0 Å². The van der Waals surface area contributed by atoms with Gasteiger partial charge in [0, 0.05) is 19.1 Å². The van der Waals surface area contributed by atoms with E-state index in [0.29, 0.717) is 17.1 Å². The maximum absolute atomic E-state index is 5.27. The highest BCUT2D eigenvalue weighted by atomic mass is 32.1. The first kappa shape index (κ1) is 16.0. The minimum Gasteiger partial charge on any atom is -0.362 e. The molecule has 0 unspecified atom stereocenters. The lowest BCUT2D eigenvalue weighted by Crippen LogP contribution is -2.38. The quantitative estimate of drug-likeness (QED) is 0.834. The SMILES string of the molecule is CC(C)CNC(=S)Nc1ccc(N2CCCC[C@H]2C)nc1. The second-order valence-electron chi connectivity index (χ2n) is 6.17. The lowest BCUT2D eigenvalue weighted by Gasteiger charge is -2.34. The summed E-state index contributed by atoms with van der Waals surface area (Å²) in [5, 5.41) is 7.03. The van der Waals surface area contributed by atoms with E-state index < -0.39 is 0 Å². The Morgan fingerprint density at radius 2 is 2.24 bits per heavy atom. The first-order valence-electron chi connectivity index (χ1n) is 7.84. The minimum atomic E-state index is 0.575. The van der Waals surface area contributed by atoms with Crippen molar-refractivity contribution in [2.75, 3.05) is 23.3 Å². The van der Waals surface area contributed by atoms with Gasteiger partial charge >= 0.3 is 0 Å². The van der Waals surface area contributed by atoms with Crippen LogP contribution in [0.2, 0.25) is 0 Å². The average molecular weight is 306 g/mol. The van der Waals surface area contributed by atoms with E-state index in [-0.39, 0.29) is 0 Å². The molecule has 1 fully saturated rings. The molecule has 0 amide bonds. The monoisotopic (exact) mass is 306 g/mol. The van der Waals surface area contributed by atoms with Crippen molar-refractivity contribution in [1.29, 1.82) is 0 Å². The third-order valence-corrected chi connectivity index (χ3v) is 4.02. The Kier molecular flexibility index (Phi) is 5.79. The summed E-state index contributed by atoms with van der Waals surface area (Å²) in [5.41, 5.74) is 0.935. The van der Waals surface area contributed by atoms with E-state index in [1.165, 1.54) is 19.3 Å². The van der Waals surface area contributed by atoms with Crippen LogP contribution in [0.3, 0.4) is 0 Å². The number of thiocarbonyl (C=S) groups is 1. The molecule has 1 saturated heterocycles. The first-order valence-corrected chi connectivity index (χ1v) is 8.24. The molecule has 0 bridgehead atoms. The molecule has 2 rings (SSSR count). The van der Waals surface area contributed by atoms with Crippen LogP contribution in [-0.2, 0) is 0 Å². The normalized spacial score (nSPS) is 18.7. The predicted molar refractivity (Wildman–Crippen MR) is 94.0 cm³/mol. The lowest BCUT2D eigenvalue weighted by atomic mass is 10.0. The van der Waals surface area contributed by atoms with Gasteiger partial charge in [-0.15, -0.1) is 0 Å². The van der Waals surface area contributed by atoms with E-state index in [2.05, 4.69) is 47.4 Å². The highest BCUT2D eigenvalue weighted by molar-refractivity contribution is 7.80. The lowest BCUT2D eigenvalue weighted by molar-refractivity contribution is 0.481. The van der Waals surface area contributed by atoms with Gasteiger partial charge < -0.3 is 15.5 Å². The molecule has 116 valence electrons. The molecule has 1 aromatic rings. The Balaban J connectivity index is 1.91. The molecule has 1 aromatic heterocycles. The van der Waals surface area contributed by atoms with Crippen LogP contribution >= 0.6 is 12.2 Å². The average Bonchev–Trinajstić information content (AvgIpc) is 2.47. The van der Waals surface area contributed by atoms with Crippen LogP contribution in [0, 0.1) is 5.92 Å². The van der Waals surface area contributed by atoms with Crippen molar-refractivity contribution in [2.24, 2.45) is 5.92 Å². The summed E-state index contributed by atoms with van der Waals surface area (Å²) >= 11 is 5.27. The fourth-order valence-electron chi connectivity index (χ4n) is 2.54. The number of anilines is 2. The molecule has 0 saturated carbocycles. The van der Waals surface area contributed by atoms with Crippen molar-refractivity contribution in [3.63, 3.8) is 0 Å². The molecule has 0 aromatic carbocycles. The highest BCUT2D eigenvalue weighted by Gasteiger charge is 2.19. The van der Waals surface area contributed by atoms with Crippen molar-refractivity contribution >= 4 is 28.8 Å². The van der Waals surface area contributed by atoms with E-state index in [0.717, 1.165) is 24.6 Å². The molecule has 0 spiro atoms. The van der Waals surface area contributed by atoms with Gasteiger partial charge in [0.2, 0.25) is 0 Å². The number of nitrogens with zero attached hydrogens (tertiary/aromatic N) is 2. The van der Waals surface area contributed by atoms with E-state index in [9.17, 15) is 0 Å². The summed E-state index contributed by atoms with van der Waals surface area (Å²) in [6.45, 7) is 8.58. The molecule has 2 heterocycles. The summed E-state index contributed by atoms with van der Waals surface area (Å²) in [7, 11) is 0. The minimum absolute atomic E-state index is 0.575. The smallest absolute Gasteiger partial charge is 0.170 e. The maximum atomic E-state index is 5.27. The second-order valence-corrected chi connectivity index (χ2v) is 6.58. The third kappa shape index (κ3) is 4.84. The summed E-state index contributed by atoms with van der Waals surface area (Å²) in [6.07, 6.45) is 5.70. The molecule has 21 heavy (non-hydrogen) atoms. The van der Waals surface area contributed by atoms with Crippen molar-refractivity contribution in [1.82, 2.24) is 10.3 Å². The number of hydrogen-bond donors (Lipinski definition) is 2. The number of piperidine rings is 1. The fraction of sp³-hybridized carbons (Fsp3) is 0.625. The number of aromatic nitrogens is 1. The van der Waals surface area contributed by atoms with Crippen molar-refractivity contribution in [2.45, 2.75) is 46.1 Å². The molecule has 1 aliphatic heterocycles. The largest absolute Gasteiger partial charge is 0.362 e. The van der Waals surface area contributed by atoms with Crippen LogP contribution in [0.25, 0.3) is 0 Å². The zero-order valence-electron chi connectivity index (χ0n) is 13.2. The van der Waals surface area contributed by atoms with Gasteiger partial charge in [-0.3, -0.25) is 0 Å². The van der Waals surface area contributed by atoms with Crippen LogP contribution < -0.4 is 15.5 Å². The number of rotatable bonds is 4. The van der Waals surface area contributed by atoms with Gasteiger partial charge in [0.25, 0.3) is 0 Å². The Labute approximate surface area is 133 Å². The number of nitrogens with one attached hydrogen (secondary N) is 2. The molecule has 0 radical (unpaired) electrons. The van der Waals surface area contributed by atoms with Gasteiger partial charge in [-0.1, -0.05) is 13.8 Å². The predicted octanol–water partition coefficient (Wildman–Crippen LogP) is 3.40. The van der Waals surface area contributed by atoms with Crippen molar-refractivity contribution in [3.8, 4) is 0 Å². The molecule has 4 nitrogen and oxygen atoms in total. The standard InChI is InChI=1S/C16H26N4S/c1-12(2)10-18-16(21)19-14-7-8-15(17-11-14)20-9-5-4-6-13(20)3/h7-8,11-13H,4-6,9-10H2,1-3H3,(H2,18,19,21)/t13-/m1/s1.